The zero-order valence-corrected chi connectivity index (χ0v) is 40.4. The van der Waals surface area contributed by atoms with E-state index in [4.69, 9.17) is 38.9 Å². The highest BCUT2D eigenvalue weighted by atomic mass is 16.5. The molecule has 0 saturated carbocycles. The minimum Gasteiger partial charge on any atom is -0.493 e. The van der Waals surface area contributed by atoms with Crippen molar-refractivity contribution in [2.45, 2.75) is 25.9 Å². The SMILES string of the molecule is COc1ccc(-c2ccc3ncnc(-c4ccc(N5CCN(C(C)C(=O)C(C)N6CCN(c7ccc(-c8ncnc9ccc(-c%10ccc(OC)c(OC)c%10)cc89)cn7)CC6)CC5)nc4)c3c2)cc1OC. The van der Waals surface area contributed by atoms with Crippen LogP contribution in [-0.4, -0.2) is 138 Å². The Bertz CT molecular complexity index is 2950. The average Bonchev–Trinajstić information content (AvgIpc) is 3.43. The summed E-state index contributed by atoms with van der Waals surface area (Å²) in [4.78, 5) is 51.5. The first-order valence-electron chi connectivity index (χ1n) is 23.6. The third-order valence-corrected chi connectivity index (χ3v) is 13.9. The monoisotopic (exact) mass is 936 g/mol. The predicted molar refractivity (Wildman–Crippen MR) is 274 cm³/mol. The molecule has 356 valence electrons. The van der Waals surface area contributed by atoms with Crippen LogP contribution < -0.4 is 28.7 Å². The first-order valence-corrected chi connectivity index (χ1v) is 23.6. The largest absolute Gasteiger partial charge is 0.493 e. The third-order valence-electron chi connectivity index (χ3n) is 13.9. The normalized spacial score (nSPS) is 15.5. The van der Waals surface area contributed by atoms with E-state index in [1.807, 2.05) is 60.9 Å². The van der Waals surface area contributed by atoms with Gasteiger partial charge < -0.3 is 28.7 Å². The van der Waals surface area contributed by atoms with Crippen molar-refractivity contribution in [1.82, 2.24) is 39.7 Å². The van der Waals surface area contributed by atoms with Gasteiger partial charge in [-0.3, -0.25) is 14.6 Å². The number of methoxy groups -OCH3 is 4. The first kappa shape index (κ1) is 46.0. The summed E-state index contributed by atoms with van der Waals surface area (Å²) in [5, 5.41) is 1.88. The van der Waals surface area contributed by atoms with Gasteiger partial charge in [-0.1, -0.05) is 24.3 Å². The highest BCUT2D eigenvalue weighted by Crippen LogP contribution is 2.37. The fourth-order valence-corrected chi connectivity index (χ4v) is 9.78. The topological polar surface area (TPSA) is 144 Å². The molecular formula is C55H56N10O5. The molecule has 4 aromatic heterocycles. The molecular weight excluding hydrogens is 881 g/mol. The van der Waals surface area contributed by atoms with Gasteiger partial charge in [0, 0.05) is 86.7 Å². The summed E-state index contributed by atoms with van der Waals surface area (Å²) >= 11 is 0. The molecule has 15 nitrogen and oxygen atoms in total. The van der Waals surface area contributed by atoms with E-state index in [1.54, 1.807) is 41.1 Å². The van der Waals surface area contributed by atoms with Crippen LogP contribution in [0.15, 0.2) is 122 Å². The van der Waals surface area contributed by atoms with Gasteiger partial charge in [0.2, 0.25) is 0 Å². The van der Waals surface area contributed by atoms with Gasteiger partial charge in [0.25, 0.3) is 0 Å². The number of hydrogen-bond donors (Lipinski definition) is 0. The second kappa shape index (κ2) is 20.1. The number of ketones is 1. The molecule has 2 saturated heterocycles. The van der Waals surface area contributed by atoms with Crippen LogP contribution in [0.1, 0.15) is 13.8 Å². The van der Waals surface area contributed by atoms with E-state index in [1.165, 1.54) is 0 Å². The number of ether oxygens (including phenoxy) is 4. The minimum absolute atomic E-state index is 0.192. The number of benzene rings is 4. The molecule has 0 N–H and O–H groups in total. The number of hydrogen-bond acceptors (Lipinski definition) is 15. The molecule has 2 aliphatic heterocycles. The number of rotatable bonds is 14. The predicted octanol–water partition coefficient (Wildman–Crippen LogP) is 8.36. The number of piperazine rings is 2. The van der Waals surface area contributed by atoms with Crippen molar-refractivity contribution in [2.75, 3.05) is 90.6 Å². The van der Waals surface area contributed by atoms with Crippen molar-refractivity contribution in [3.8, 4) is 67.8 Å². The van der Waals surface area contributed by atoms with E-state index < -0.39 is 0 Å². The molecule has 15 heteroatoms. The standard InChI is InChI=1S/C55H56N10O5/c1-35(62-19-23-64(24-20-62)51-17-11-41(31-56-51)53-43-27-37(7-13-45(43)58-33-60-53)39-9-15-47(67-3)49(29-39)69-5)55(66)36(2)63-21-25-65(26-22-63)52-18-12-42(32-57-52)54-44-28-38(8-14-46(44)59-34-61-54)40-10-16-48(68-4)50(30-40)70-6/h7-18,27-36H,19-26H2,1-6H3. The molecule has 2 atom stereocenters. The summed E-state index contributed by atoms with van der Waals surface area (Å²) in [6.07, 6.45) is 6.99. The zero-order chi connectivity index (χ0) is 48.3. The lowest BCUT2D eigenvalue weighted by Crippen LogP contribution is -2.57. The van der Waals surface area contributed by atoms with Crippen LogP contribution in [0.3, 0.4) is 0 Å². The Morgan fingerprint density at radius 2 is 0.800 bits per heavy atom. The average molecular weight is 937 g/mol. The Hall–Kier alpha value is -7.75. The number of carbonyl (C=O) groups is 1. The van der Waals surface area contributed by atoms with E-state index in [0.29, 0.717) is 23.0 Å². The van der Waals surface area contributed by atoms with Crippen LogP contribution in [0.4, 0.5) is 11.6 Å². The summed E-state index contributed by atoms with van der Waals surface area (Å²) < 4.78 is 22.0. The van der Waals surface area contributed by atoms with Gasteiger partial charge in [-0.2, -0.15) is 0 Å². The molecule has 0 spiro atoms. The maximum Gasteiger partial charge on any atom is 0.166 e. The summed E-state index contributed by atoms with van der Waals surface area (Å²) in [7, 11) is 6.54. The molecule has 6 heterocycles. The fourth-order valence-electron chi connectivity index (χ4n) is 9.78. The number of fused-ring (bicyclic) bond motifs is 2. The van der Waals surface area contributed by atoms with Crippen LogP contribution in [0.25, 0.3) is 66.6 Å². The number of aromatic nitrogens is 6. The van der Waals surface area contributed by atoms with Crippen molar-refractivity contribution in [2.24, 2.45) is 0 Å². The molecule has 70 heavy (non-hydrogen) atoms. The number of nitrogens with zero attached hydrogens (tertiary/aromatic N) is 10. The van der Waals surface area contributed by atoms with Crippen molar-refractivity contribution < 1.29 is 23.7 Å². The number of pyridine rings is 2. The van der Waals surface area contributed by atoms with Crippen molar-refractivity contribution in [1.29, 1.82) is 0 Å². The number of carbonyl (C=O) groups excluding carboxylic acids is 1. The van der Waals surface area contributed by atoms with E-state index in [0.717, 1.165) is 131 Å². The molecule has 2 fully saturated rings. The lowest BCUT2D eigenvalue weighted by atomic mass is 10.0. The molecule has 4 aromatic carbocycles. The lowest BCUT2D eigenvalue weighted by molar-refractivity contribution is -0.128. The van der Waals surface area contributed by atoms with Crippen molar-refractivity contribution >= 4 is 39.2 Å². The third kappa shape index (κ3) is 9.12. The van der Waals surface area contributed by atoms with Gasteiger partial charge in [0.1, 0.15) is 24.3 Å². The molecule has 0 radical (unpaired) electrons. The van der Waals surface area contributed by atoms with Crippen molar-refractivity contribution in [3.05, 3.63) is 122 Å². The maximum absolute atomic E-state index is 14.0. The van der Waals surface area contributed by atoms with Crippen LogP contribution in [0.5, 0.6) is 23.0 Å². The van der Waals surface area contributed by atoms with Gasteiger partial charge in [-0.25, -0.2) is 29.9 Å². The summed E-state index contributed by atoms with van der Waals surface area (Å²) in [5.74, 6) is 4.77. The second-order valence-electron chi connectivity index (χ2n) is 17.7. The smallest absolute Gasteiger partial charge is 0.166 e. The van der Waals surface area contributed by atoms with E-state index in [9.17, 15) is 4.79 Å². The Labute approximate surface area is 407 Å². The highest BCUT2D eigenvalue weighted by molar-refractivity contribution is 5.96. The van der Waals surface area contributed by atoms with Gasteiger partial charge in [0.05, 0.1) is 62.9 Å². The minimum atomic E-state index is -0.192. The molecule has 0 amide bonds. The number of anilines is 2. The van der Waals surface area contributed by atoms with Crippen LogP contribution in [0, 0.1) is 0 Å². The van der Waals surface area contributed by atoms with Crippen molar-refractivity contribution in [3.63, 3.8) is 0 Å². The maximum atomic E-state index is 14.0. The number of Topliss-reactive ketones (excluding diaryl/α,β-unsaturated/α-hetero) is 1. The van der Waals surface area contributed by atoms with Gasteiger partial charge in [0.15, 0.2) is 28.8 Å². The van der Waals surface area contributed by atoms with Crippen LogP contribution >= 0.6 is 0 Å². The van der Waals surface area contributed by atoms with Gasteiger partial charge in [-0.15, -0.1) is 0 Å². The molecule has 0 bridgehead atoms. The second-order valence-corrected chi connectivity index (χ2v) is 17.7. The van der Waals surface area contributed by atoms with Crippen LogP contribution in [0.2, 0.25) is 0 Å². The molecule has 2 aliphatic rings. The lowest BCUT2D eigenvalue weighted by Gasteiger charge is -2.41. The van der Waals surface area contributed by atoms with Crippen LogP contribution in [-0.2, 0) is 4.79 Å². The summed E-state index contributed by atoms with van der Waals surface area (Å²) in [5.41, 5.74) is 9.22. The Morgan fingerprint density at radius 1 is 0.429 bits per heavy atom. The molecule has 0 aliphatic carbocycles. The first-order chi connectivity index (χ1) is 34.2. The Balaban J connectivity index is 0.731. The zero-order valence-electron chi connectivity index (χ0n) is 40.4. The summed E-state index contributed by atoms with van der Waals surface area (Å²) in [6.45, 7) is 10.3. The quantitative estimate of drug-likeness (QED) is 0.103. The van der Waals surface area contributed by atoms with E-state index >= 15 is 0 Å². The molecule has 2 unspecified atom stereocenters. The van der Waals surface area contributed by atoms with Gasteiger partial charge >= 0.3 is 0 Å². The molecule has 8 aromatic rings. The van der Waals surface area contributed by atoms with E-state index in [2.05, 4.69) is 91.9 Å². The summed E-state index contributed by atoms with van der Waals surface area (Å²) in [6, 6.07) is 32.1. The van der Waals surface area contributed by atoms with Gasteiger partial charge in [-0.05, 0) is 109 Å². The molecule has 10 rings (SSSR count). The fraction of sp³-hybridized carbons (Fsp3) is 0.291. The Kier molecular flexibility index (Phi) is 13.2. The Morgan fingerprint density at radius 3 is 1.17 bits per heavy atom. The van der Waals surface area contributed by atoms with E-state index in [-0.39, 0.29) is 17.9 Å². The highest BCUT2D eigenvalue weighted by Gasteiger charge is 2.33.